The van der Waals surface area contributed by atoms with Crippen LogP contribution in [0.25, 0.3) is 0 Å². The van der Waals surface area contributed by atoms with Crippen LogP contribution >= 0.6 is 11.6 Å². The summed E-state index contributed by atoms with van der Waals surface area (Å²) in [6.45, 7) is 3.88. The first-order valence-electron chi connectivity index (χ1n) is 6.22. The van der Waals surface area contributed by atoms with Crippen molar-refractivity contribution in [2.45, 2.75) is 13.8 Å². The zero-order chi connectivity index (χ0) is 14.9. The largest absolute Gasteiger partial charge is 0.495 e. The van der Waals surface area contributed by atoms with E-state index in [1.165, 1.54) is 0 Å². The molecule has 2 rings (SSSR count). The number of nitrogens with zero attached hydrogens (tertiary/aromatic N) is 1. The monoisotopic (exact) mass is 292 g/mol. The van der Waals surface area contributed by atoms with E-state index in [2.05, 4.69) is 5.32 Å². The van der Waals surface area contributed by atoms with E-state index in [9.17, 15) is 4.79 Å². The van der Waals surface area contributed by atoms with Crippen LogP contribution in [-0.4, -0.2) is 17.6 Å². The van der Waals surface area contributed by atoms with Crippen LogP contribution in [0.3, 0.4) is 0 Å². The molecule has 0 aliphatic heterocycles. The van der Waals surface area contributed by atoms with Crippen LogP contribution in [-0.2, 0) is 7.05 Å². The molecule has 0 aliphatic rings. The third kappa shape index (κ3) is 2.65. The molecule has 1 amide bonds. The molecule has 1 aromatic carbocycles. The summed E-state index contributed by atoms with van der Waals surface area (Å²) in [5, 5.41) is 3.38. The molecule has 2 aromatic rings. The Morgan fingerprint density at radius 1 is 1.30 bits per heavy atom. The van der Waals surface area contributed by atoms with Gasteiger partial charge in [-0.2, -0.15) is 0 Å². The minimum atomic E-state index is -0.174. The standard InChI is InChI=1S/C15H17ClN2O2/c1-9-7-12(10(2)18(9)3)15(19)17-13-8-11(16)5-6-14(13)20-4/h5-8H,1-4H3,(H,17,19). The van der Waals surface area contributed by atoms with E-state index in [1.807, 2.05) is 31.5 Å². The Balaban J connectivity index is 2.32. The maximum atomic E-state index is 12.4. The average molecular weight is 293 g/mol. The minimum absolute atomic E-state index is 0.174. The highest BCUT2D eigenvalue weighted by atomic mass is 35.5. The number of aryl methyl sites for hydroxylation is 1. The van der Waals surface area contributed by atoms with Gasteiger partial charge in [-0.1, -0.05) is 11.6 Å². The molecule has 0 radical (unpaired) electrons. The summed E-state index contributed by atoms with van der Waals surface area (Å²) in [6.07, 6.45) is 0. The van der Waals surface area contributed by atoms with E-state index in [0.29, 0.717) is 22.0 Å². The number of benzene rings is 1. The van der Waals surface area contributed by atoms with Crippen LogP contribution in [0.1, 0.15) is 21.7 Å². The molecule has 0 aliphatic carbocycles. The highest BCUT2D eigenvalue weighted by molar-refractivity contribution is 6.31. The van der Waals surface area contributed by atoms with Gasteiger partial charge in [-0.3, -0.25) is 4.79 Å². The fourth-order valence-corrected chi connectivity index (χ4v) is 2.22. The highest BCUT2D eigenvalue weighted by Gasteiger charge is 2.15. The summed E-state index contributed by atoms with van der Waals surface area (Å²) < 4.78 is 7.19. The predicted molar refractivity (Wildman–Crippen MR) is 80.8 cm³/mol. The maximum Gasteiger partial charge on any atom is 0.257 e. The van der Waals surface area contributed by atoms with Gasteiger partial charge >= 0.3 is 0 Å². The predicted octanol–water partition coefficient (Wildman–Crippen LogP) is 3.56. The smallest absolute Gasteiger partial charge is 0.257 e. The number of carbonyl (C=O) groups excluding carboxylic acids is 1. The Morgan fingerprint density at radius 3 is 2.55 bits per heavy atom. The molecule has 1 aromatic heterocycles. The Bertz CT molecular complexity index is 662. The van der Waals surface area contributed by atoms with Crippen LogP contribution < -0.4 is 10.1 Å². The second kappa shape index (κ2) is 5.59. The lowest BCUT2D eigenvalue weighted by Gasteiger charge is -2.10. The van der Waals surface area contributed by atoms with Crippen molar-refractivity contribution in [1.29, 1.82) is 0 Å². The van der Waals surface area contributed by atoms with E-state index in [0.717, 1.165) is 11.4 Å². The number of amides is 1. The highest BCUT2D eigenvalue weighted by Crippen LogP contribution is 2.28. The van der Waals surface area contributed by atoms with E-state index in [4.69, 9.17) is 16.3 Å². The number of nitrogens with one attached hydrogen (secondary N) is 1. The van der Waals surface area contributed by atoms with Crippen molar-refractivity contribution in [3.63, 3.8) is 0 Å². The molecule has 20 heavy (non-hydrogen) atoms. The van der Waals surface area contributed by atoms with Crippen molar-refractivity contribution in [2.24, 2.45) is 7.05 Å². The molecule has 0 saturated carbocycles. The number of rotatable bonds is 3. The Labute approximate surface area is 123 Å². The average Bonchev–Trinajstić information content (AvgIpc) is 2.67. The van der Waals surface area contributed by atoms with Gasteiger partial charge in [-0.25, -0.2) is 0 Å². The summed E-state index contributed by atoms with van der Waals surface area (Å²) in [5.74, 6) is 0.403. The van der Waals surface area contributed by atoms with Gasteiger partial charge in [0.1, 0.15) is 5.75 Å². The zero-order valence-corrected chi connectivity index (χ0v) is 12.7. The van der Waals surface area contributed by atoms with Crippen molar-refractivity contribution < 1.29 is 9.53 Å². The van der Waals surface area contributed by atoms with Gasteiger partial charge in [0, 0.05) is 23.5 Å². The topological polar surface area (TPSA) is 43.3 Å². The lowest BCUT2D eigenvalue weighted by molar-refractivity contribution is 0.102. The fraction of sp³-hybridized carbons (Fsp3) is 0.267. The third-order valence-corrected chi connectivity index (χ3v) is 3.66. The second-order valence-electron chi connectivity index (χ2n) is 4.64. The van der Waals surface area contributed by atoms with Gasteiger partial charge in [0.2, 0.25) is 0 Å². The number of anilines is 1. The van der Waals surface area contributed by atoms with Crippen LogP contribution in [0.4, 0.5) is 5.69 Å². The lowest BCUT2D eigenvalue weighted by atomic mass is 10.2. The van der Waals surface area contributed by atoms with Crippen molar-refractivity contribution in [2.75, 3.05) is 12.4 Å². The molecule has 1 N–H and O–H groups in total. The number of halogens is 1. The van der Waals surface area contributed by atoms with Crippen LogP contribution in [0.15, 0.2) is 24.3 Å². The molecular weight excluding hydrogens is 276 g/mol. The minimum Gasteiger partial charge on any atom is -0.495 e. The van der Waals surface area contributed by atoms with Gasteiger partial charge in [0.25, 0.3) is 5.91 Å². The number of aromatic nitrogens is 1. The van der Waals surface area contributed by atoms with E-state index in [1.54, 1.807) is 25.3 Å². The third-order valence-electron chi connectivity index (χ3n) is 3.43. The lowest BCUT2D eigenvalue weighted by Crippen LogP contribution is -2.13. The molecule has 106 valence electrons. The molecule has 0 saturated heterocycles. The van der Waals surface area contributed by atoms with Gasteiger partial charge < -0.3 is 14.6 Å². The molecule has 0 spiro atoms. The summed E-state index contributed by atoms with van der Waals surface area (Å²) in [4.78, 5) is 12.4. The van der Waals surface area contributed by atoms with Gasteiger partial charge in [-0.05, 0) is 38.1 Å². The molecule has 0 fully saturated rings. The van der Waals surface area contributed by atoms with E-state index in [-0.39, 0.29) is 5.91 Å². The number of ether oxygens (including phenoxy) is 1. The van der Waals surface area contributed by atoms with Crippen LogP contribution in [0, 0.1) is 13.8 Å². The van der Waals surface area contributed by atoms with Crippen molar-refractivity contribution >= 4 is 23.2 Å². The molecular formula is C15H17ClN2O2. The summed E-state index contributed by atoms with van der Waals surface area (Å²) in [7, 11) is 3.48. The van der Waals surface area contributed by atoms with Crippen LogP contribution in [0.2, 0.25) is 5.02 Å². The normalized spacial score (nSPS) is 10.4. The molecule has 0 bridgehead atoms. The SMILES string of the molecule is COc1ccc(Cl)cc1NC(=O)c1cc(C)n(C)c1C. The van der Waals surface area contributed by atoms with Gasteiger partial charge in [-0.15, -0.1) is 0 Å². The quantitative estimate of drug-likeness (QED) is 0.940. The number of hydrogen-bond acceptors (Lipinski definition) is 2. The number of hydrogen-bond donors (Lipinski definition) is 1. The fourth-order valence-electron chi connectivity index (χ4n) is 2.05. The van der Waals surface area contributed by atoms with Crippen molar-refractivity contribution in [3.05, 3.63) is 46.2 Å². The molecule has 0 atom stereocenters. The van der Waals surface area contributed by atoms with Crippen LogP contribution in [0.5, 0.6) is 5.75 Å². The van der Waals surface area contributed by atoms with Crippen molar-refractivity contribution in [3.8, 4) is 5.75 Å². The van der Waals surface area contributed by atoms with Crippen molar-refractivity contribution in [1.82, 2.24) is 4.57 Å². The Morgan fingerprint density at radius 2 is 2.00 bits per heavy atom. The summed E-state index contributed by atoms with van der Waals surface area (Å²) in [6, 6.07) is 6.97. The van der Waals surface area contributed by atoms with E-state index >= 15 is 0 Å². The molecule has 5 heteroatoms. The first-order valence-corrected chi connectivity index (χ1v) is 6.59. The number of carbonyl (C=O) groups is 1. The van der Waals surface area contributed by atoms with Gasteiger partial charge in [0.05, 0.1) is 18.4 Å². The zero-order valence-electron chi connectivity index (χ0n) is 12.0. The first kappa shape index (κ1) is 14.5. The van der Waals surface area contributed by atoms with E-state index < -0.39 is 0 Å². The van der Waals surface area contributed by atoms with Gasteiger partial charge in [0.15, 0.2) is 0 Å². The molecule has 1 heterocycles. The Kier molecular flexibility index (Phi) is 4.04. The first-order chi connectivity index (χ1) is 9.43. The summed E-state index contributed by atoms with van der Waals surface area (Å²) >= 11 is 5.95. The molecule has 0 unspecified atom stereocenters. The second-order valence-corrected chi connectivity index (χ2v) is 5.08. The molecule has 4 nitrogen and oxygen atoms in total. The Hall–Kier alpha value is -1.94. The summed E-state index contributed by atoms with van der Waals surface area (Å²) in [5.41, 5.74) is 3.16. The number of methoxy groups -OCH3 is 1. The maximum absolute atomic E-state index is 12.4.